The highest BCUT2D eigenvalue weighted by Gasteiger charge is 2.53. The van der Waals surface area contributed by atoms with Crippen LogP contribution in [0.3, 0.4) is 0 Å². The minimum absolute atomic E-state index is 0.0239. The number of carboxylic acids is 1. The Morgan fingerprint density at radius 2 is 1.82 bits per heavy atom. The molecule has 0 amide bonds. The highest BCUT2D eigenvalue weighted by Crippen LogP contribution is 2.56. The number of aromatic nitrogens is 2. The summed E-state index contributed by atoms with van der Waals surface area (Å²) in [6, 6.07) is 12.8. The van der Waals surface area contributed by atoms with Crippen LogP contribution in [0.15, 0.2) is 59.9 Å². The SMILES string of the molecule is CC(C)(COc1ncc(-c2ccc(NC3=Nc4cc(F)ccc4C34CC4)cc2)cn1)C(=O)O. The van der Waals surface area contributed by atoms with Gasteiger partial charge in [-0.15, -0.1) is 0 Å². The lowest BCUT2D eigenvalue weighted by Gasteiger charge is -2.18. The van der Waals surface area contributed by atoms with Crippen molar-refractivity contribution in [3.63, 3.8) is 0 Å². The maximum absolute atomic E-state index is 13.6. The molecule has 2 heterocycles. The molecule has 1 fully saturated rings. The summed E-state index contributed by atoms with van der Waals surface area (Å²) >= 11 is 0. The third-order valence-corrected chi connectivity index (χ3v) is 6.16. The van der Waals surface area contributed by atoms with E-state index < -0.39 is 11.4 Å². The summed E-state index contributed by atoms with van der Waals surface area (Å²) < 4.78 is 19.0. The predicted octanol–water partition coefficient (Wildman–Crippen LogP) is 4.96. The second-order valence-electron chi connectivity index (χ2n) is 9.14. The summed E-state index contributed by atoms with van der Waals surface area (Å²) in [6.07, 6.45) is 5.30. The van der Waals surface area contributed by atoms with Crippen molar-refractivity contribution >= 4 is 23.2 Å². The molecule has 33 heavy (non-hydrogen) atoms. The summed E-state index contributed by atoms with van der Waals surface area (Å²) in [7, 11) is 0. The third-order valence-electron chi connectivity index (χ3n) is 6.16. The van der Waals surface area contributed by atoms with Crippen molar-refractivity contribution in [2.45, 2.75) is 32.1 Å². The first-order valence-corrected chi connectivity index (χ1v) is 10.7. The number of rotatable bonds is 6. The van der Waals surface area contributed by atoms with Crippen molar-refractivity contribution in [2.75, 3.05) is 11.9 Å². The van der Waals surface area contributed by atoms with Crippen LogP contribution in [-0.4, -0.2) is 33.5 Å². The van der Waals surface area contributed by atoms with Crippen LogP contribution in [0.2, 0.25) is 0 Å². The molecule has 0 unspecified atom stereocenters. The normalized spacial score (nSPS) is 15.7. The molecule has 1 aliphatic carbocycles. The fraction of sp³-hybridized carbons (Fsp3) is 0.280. The van der Waals surface area contributed by atoms with Gasteiger partial charge in [0.2, 0.25) is 0 Å². The molecule has 1 saturated carbocycles. The molecule has 168 valence electrons. The minimum Gasteiger partial charge on any atom is -0.481 e. The van der Waals surface area contributed by atoms with Gasteiger partial charge in [0.25, 0.3) is 0 Å². The van der Waals surface area contributed by atoms with Crippen molar-refractivity contribution in [3.05, 3.63) is 66.2 Å². The average molecular weight is 446 g/mol. The quantitative estimate of drug-likeness (QED) is 0.556. The Morgan fingerprint density at radius 1 is 1.12 bits per heavy atom. The van der Waals surface area contributed by atoms with E-state index in [0.717, 1.165) is 41.1 Å². The number of halogens is 1. The number of aliphatic carboxylic acids is 1. The van der Waals surface area contributed by atoms with Crippen LogP contribution < -0.4 is 10.1 Å². The number of ether oxygens (including phenoxy) is 1. The maximum Gasteiger partial charge on any atom is 0.316 e. The van der Waals surface area contributed by atoms with E-state index in [1.54, 1.807) is 26.2 Å². The number of carboxylic acid groups (broad SMARTS) is 1. The van der Waals surface area contributed by atoms with Crippen LogP contribution in [0.1, 0.15) is 32.3 Å². The lowest BCUT2D eigenvalue weighted by Crippen LogP contribution is -2.31. The van der Waals surface area contributed by atoms with Crippen LogP contribution in [0, 0.1) is 11.2 Å². The molecule has 2 aliphatic rings. The smallest absolute Gasteiger partial charge is 0.316 e. The molecule has 0 atom stereocenters. The van der Waals surface area contributed by atoms with E-state index in [2.05, 4.69) is 20.3 Å². The van der Waals surface area contributed by atoms with Crippen LogP contribution in [0.25, 0.3) is 11.1 Å². The number of benzene rings is 2. The Labute approximate surface area is 190 Å². The molecule has 2 N–H and O–H groups in total. The fourth-order valence-corrected chi connectivity index (χ4v) is 3.86. The number of nitrogens with zero attached hydrogens (tertiary/aromatic N) is 3. The Bertz CT molecular complexity index is 1250. The number of hydrogen-bond donors (Lipinski definition) is 2. The monoisotopic (exact) mass is 446 g/mol. The second kappa shape index (κ2) is 7.65. The molecule has 0 bridgehead atoms. The highest BCUT2D eigenvalue weighted by atomic mass is 19.1. The number of nitrogens with one attached hydrogen (secondary N) is 1. The van der Waals surface area contributed by atoms with Crippen molar-refractivity contribution in [1.82, 2.24) is 9.97 Å². The Balaban J connectivity index is 1.26. The Morgan fingerprint density at radius 3 is 2.45 bits per heavy atom. The topological polar surface area (TPSA) is 96.7 Å². The zero-order valence-corrected chi connectivity index (χ0v) is 18.3. The first-order chi connectivity index (χ1) is 15.8. The molecular formula is C25H23FN4O3. The van der Waals surface area contributed by atoms with Crippen LogP contribution in [0.4, 0.5) is 15.8 Å². The van der Waals surface area contributed by atoms with Gasteiger partial charge < -0.3 is 15.2 Å². The molecule has 1 aromatic heterocycles. The highest BCUT2D eigenvalue weighted by molar-refractivity contribution is 6.10. The predicted molar refractivity (Wildman–Crippen MR) is 122 cm³/mol. The Kier molecular flexibility index (Phi) is 4.88. The molecular weight excluding hydrogens is 423 g/mol. The zero-order chi connectivity index (χ0) is 23.2. The maximum atomic E-state index is 13.6. The van der Waals surface area contributed by atoms with Gasteiger partial charge in [-0.2, -0.15) is 0 Å². The molecule has 5 rings (SSSR count). The van der Waals surface area contributed by atoms with E-state index in [0.29, 0.717) is 5.69 Å². The lowest BCUT2D eigenvalue weighted by molar-refractivity contribution is -0.148. The summed E-state index contributed by atoms with van der Waals surface area (Å²) in [5, 5.41) is 12.6. The van der Waals surface area contributed by atoms with E-state index in [9.17, 15) is 9.18 Å². The van der Waals surface area contributed by atoms with Gasteiger partial charge in [-0.1, -0.05) is 18.2 Å². The number of fused-ring (bicyclic) bond motifs is 2. The minimum atomic E-state index is -1.02. The van der Waals surface area contributed by atoms with Gasteiger partial charge in [0.1, 0.15) is 18.3 Å². The summed E-state index contributed by atoms with van der Waals surface area (Å²) in [6.45, 7) is 3.14. The number of hydrogen-bond acceptors (Lipinski definition) is 6. The molecule has 8 heteroatoms. The first-order valence-electron chi connectivity index (χ1n) is 10.7. The van der Waals surface area contributed by atoms with Crippen molar-refractivity contribution in [2.24, 2.45) is 10.4 Å². The van der Waals surface area contributed by atoms with E-state index in [1.165, 1.54) is 12.1 Å². The molecule has 0 saturated heterocycles. The third kappa shape index (κ3) is 3.92. The summed E-state index contributed by atoms with van der Waals surface area (Å²) in [4.78, 5) is 24.2. The number of aliphatic imine (C=N–C) groups is 1. The molecule has 1 spiro atoms. The van der Waals surface area contributed by atoms with Crippen LogP contribution in [0.5, 0.6) is 6.01 Å². The van der Waals surface area contributed by atoms with Gasteiger partial charge in [-0.05, 0) is 62.1 Å². The largest absolute Gasteiger partial charge is 0.481 e. The summed E-state index contributed by atoms with van der Waals surface area (Å²) in [5.74, 6) is -0.354. The molecule has 0 radical (unpaired) electrons. The van der Waals surface area contributed by atoms with Crippen molar-refractivity contribution in [1.29, 1.82) is 0 Å². The van der Waals surface area contributed by atoms with Gasteiger partial charge in [0, 0.05) is 23.6 Å². The van der Waals surface area contributed by atoms with Crippen molar-refractivity contribution < 1.29 is 19.0 Å². The lowest BCUT2D eigenvalue weighted by atomic mass is 9.95. The van der Waals surface area contributed by atoms with Crippen LogP contribution >= 0.6 is 0 Å². The van der Waals surface area contributed by atoms with Crippen molar-refractivity contribution in [3.8, 4) is 17.1 Å². The van der Waals surface area contributed by atoms with Gasteiger partial charge in [-0.25, -0.2) is 19.4 Å². The number of carbonyl (C=O) groups is 1. The number of anilines is 1. The van der Waals surface area contributed by atoms with E-state index >= 15 is 0 Å². The van der Waals surface area contributed by atoms with Crippen LogP contribution in [-0.2, 0) is 10.2 Å². The van der Waals surface area contributed by atoms with Gasteiger partial charge in [0.05, 0.1) is 16.5 Å². The van der Waals surface area contributed by atoms with Gasteiger partial charge in [0.15, 0.2) is 0 Å². The van der Waals surface area contributed by atoms with E-state index in [1.807, 2.05) is 30.3 Å². The van der Waals surface area contributed by atoms with Gasteiger partial charge in [-0.3, -0.25) is 4.79 Å². The Hall–Kier alpha value is -3.81. The molecule has 2 aromatic carbocycles. The molecule has 1 aliphatic heterocycles. The zero-order valence-electron chi connectivity index (χ0n) is 18.3. The van der Waals surface area contributed by atoms with E-state index in [4.69, 9.17) is 9.84 Å². The second-order valence-corrected chi connectivity index (χ2v) is 9.14. The fourth-order valence-electron chi connectivity index (χ4n) is 3.86. The summed E-state index contributed by atoms with van der Waals surface area (Å²) in [5.41, 5.74) is 3.30. The molecule has 3 aromatic rings. The molecule has 7 nitrogen and oxygen atoms in total. The average Bonchev–Trinajstić information content (AvgIpc) is 3.54. The first kappa shape index (κ1) is 21.1. The standard InChI is InChI=1S/C25H23FN4O3/c1-24(2,22(31)32)14-33-23-27-12-16(13-28-23)15-3-6-18(7-4-15)29-21-25(9-10-25)19-8-5-17(26)11-20(19)30-21/h3-8,11-13H,9-10,14H2,1-2H3,(H,29,30)(H,31,32). The van der Waals surface area contributed by atoms with Gasteiger partial charge >= 0.3 is 12.0 Å². The van der Waals surface area contributed by atoms with E-state index in [-0.39, 0.29) is 23.8 Å². The number of amidine groups is 1.